The SMILES string of the molecule is CN(C)CCN1CCN(C(=O)c2cscn2)Cc2cccnc21. The smallest absolute Gasteiger partial charge is 0.273 e. The molecule has 1 aliphatic rings. The van der Waals surface area contributed by atoms with E-state index in [1.54, 1.807) is 10.9 Å². The zero-order valence-corrected chi connectivity index (χ0v) is 14.3. The Labute approximate surface area is 140 Å². The average Bonchev–Trinajstić information content (AvgIpc) is 3.01. The Bertz CT molecular complexity index is 658. The number of likely N-dealkylation sites (N-methyl/N-ethyl adjacent to an activating group) is 1. The summed E-state index contributed by atoms with van der Waals surface area (Å²) in [7, 11) is 4.13. The fourth-order valence-electron chi connectivity index (χ4n) is 2.66. The number of aromatic nitrogens is 2. The van der Waals surface area contributed by atoms with Gasteiger partial charge in [0.15, 0.2) is 0 Å². The molecule has 7 heteroatoms. The van der Waals surface area contributed by atoms with Gasteiger partial charge >= 0.3 is 0 Å². The molecule has 1 aliphatic heterocycles. The number of pyridine rings is 1. The van der Waals surface area contributed by atoms with Gasteiger partial charge in [-0.3, -0.25) is 4.79 Å². The normalized spacial score (nSPS) is 14.7. The lowest BCUT2D eigenvalue weighted by molar-refractivity contribution is 0.0746. The number of anilines is 1. The molecule has 0 saturated heterocycles. The van der Waals surface area contributed by atoms with Gasteiger partial charge < -0.3 is 14.7 Å². The number of carbonyl (C=O) groups is 1. The van der Waals surface area contributed by atoms with Crippen molar-refractivity contribution in [3.8, 4) is 0 Å². The fraction of sp³-hybridized carbons (Fsp3) is 0.438. The van der Waals surface area contributed by atoms with Crippen molar-refractivity contribution in [3.05, 3.63) is 40.5 Å². The molecule has 122 valence electrons. The first-order chi connectivity index (χ1) is 11.1. The lowest BCUT2D eigenvalue weighted by atomic mass is 10.2. The maximum Gasteiger partial charge on any atom is 0.273 e. The van der Waals surface area contributed by atoms with Gasteiger partial charge in [0.05, 0.1) is 5.51 Å². The Kier molecular flexibility index (Phi) is 4.88. The number of fused-ring (bicyclic) bond motifs is 1. The second kappa shape index (κ2) is 7.06. The van der Waals surface area contributed by atoms with E-state index in [2.05, 4.69) is 39.9 Å². The van der Waals surface area contributed by atoms with Gasteiger partial charge in [0.2, 0.25) is 0 Å². The minimum absolute atomic E-state index is 0.00415. The minimum Gasteiger partial charge on any atom is -0.353 e. The number of hydrogen-bond donors (Lipinski definition) is 0. The topological polar surface area (TPSA) is 52.6 Å². The van der Waals surface area contributed by atoms with Crippen LogP contribution in [0.1, 0.15) is 16.1 Å². The Morgan fingerprint density at radius 3 is 2.96 bits per heavy atom. The van der Waals surface area contributed by atoms with E-state index >= 15 is 0 Å². The predicted octanol–water partition coefficient (Wildman–Crippen LogP) is 1.56. The second-order valence-electron chi connectivity index (χ2n) is 5.88. The molecule has 0 aromatic carbocycles. The van der Waals surface area contributed by atoms with Crippen molar-refractivity contribution in [1.82, 2.24) is 19.8 Å². The summed E-state index contributed by atoms with van der Waals surface area (Å²) in [6.45, 7) is 3.90. The van der Waals surface area contributed by atoms with Crippen LogP contribution in [0.3, 0.4) is 0 Å². The van der Waals surface area contributed by atoms with E-state index in [9.17, 15) is 4.79 Å². The van der Waals surface area contributed by atoms with E-state index in [0.29, 0.717) is 18.8 Å². The van der Waals surface area contributed by atoms with Crippen molar-refractivity contribution in [3.63, 3.8) is 0 Å². The van der Waals surface area contributed by atoms with Crippen molar-refractivity contribution in [2.45, 2.75) is 6.54 Å². The largest absolute Gasteiger partial charge is 0.353 e. The van der Waals surface area contributed by atoms with Crippen LogP contribution in [0.5, 0.6) is 0 Å². The van der Waals surface area contributed by atoms with Crippen LogP contribution in [0, 0.1) is 0 Å². The third kappa shape index (κ3) is 3.68. The van der Waals surface area contributed by atoms with E-state index in [-0.39, 0.29) is 5.91 Å². The quantitative estimate of drug-likeness (QED) is 0.851. The summed E-state index contributed by atoms with van der Waals surface area (Å²) in [5.41, 5.74) is 3.32. The molecule has 0 radical (unpaired) electrons. The second-order valence-corrected chi connectivity index (χ2v) is 6.60. The van der Waals surface area contributed by atoms with Crippen LogP contribution < -0.4 is 4.90 Å². The van der Waals surface area contributed by atoms with Crippen LogP contribution in [-0.4, -0.2) is 65.9 Å². The molecule has 0 saturated carbocycles. The fourth-order valence-corrected chi connectivity index (χ4v) is 3.19. The molecule has 2 aromatic heterocycles. The molecule has 3 rings (SSSR count). The van der Waals surface area contributed by atoms with E-state index in [4.69, 9.17) is 0 Å². The van der Waals surface area contributed by atoms with Gasteiger partial charge in [0.25, 0.3) is 5.91 Å². The van der Waals surface area contributed by atoms with E-state index < -0.39 is 0 Å². The zero-order chi connectivity index (χ0) is 16.2. The number of nitrogens with zero attached hydrogens (tertiary/aromatic N) is 5. The van der Waals surface area contributed by atoms with Gasteiger partial charge in [0, 0.05) is 49.9 Å². The van der Waals surface area contributed by atoms with Gasteiger partial charge in [0.1, 0.15) is 11.5 Å². The van der Waals surface area contributed by atoms with Crippen LogP contribution in [0.15, 0.2) is 29.2 Å². The van der Waals surface area contributed by atoms with Crippen molar-refractivity contribution in [2.75, 3.05) is 45.2 Å². The summed E-state index contributed by atoms with van der Waals surface area (Å²) < 4.78 is 0. The molecular weight excluding hydrogens is 310 g/mol. The number of amides is 1. The lowest BCUT2D eigenvalue weighted by Crippen LogP contribution is -2.38. The molecule has 2 aromatic rings. The summed E-state index contributed by atoms with van der Waals surface area (Å²) in [5, 5.41) is 1.81. The van der Waals surface area contributed by atoms with Gasteiger partial charge in [-0.1, -0.05) is 6.07 Å². The van der Waals surface area contributed by atoms with E-state index in [1.807, 2.05) is 17.2 Å². The standard InChI is InChI=1S/C16H21N5OS/c1-19(2)6-7-20-8-9-21(16(22)14-11-23-12-18-14)10-13-4-3-5-17-15(13)20/h3-5,11-12H,6-10H2,1-2H3. The van der Waals surface area contributed by atoms with Gasteiger partial charge in [-0.2, -0.15) is 0 Å². The number of hydrogen-bond acceptors (Lipinski definition) is 6. The first-order valence-electron chi connectivity index (χ1n) is 7.66. The van der Waals surface area contributed by atoms with E-state index in [0.717, 1.165) is 31.0 Å². The molecule has 23 heavy (non-hydrogen) atoms. The molecule has 0 bridgehead atoms. The first kappa shape index (κ1) is 15.9. The number of rotatable bonds is 4. The van der Waals surface area contributed by atoms with Gasteiger partial charge in [-0.05, 0) is 20.2 Å². The highest BCUT2D eigenvalue weighted by atomic mass is 32.1. The van der Waals surface area contributed by atoms with Crippen molar-refractivity contribution >= 4 is 23.1 Å². The number of carbonyl (C=O) groups excluding carboxylic acids is 1. The summed E-state index contributed by atoms with van der Waals surface area (Å²) in [4.78, 5) is 27.6. The van der Waals surface area contributed by atoms with Crippen molar-refractivity contribution < 1.29 is 4.79 Å². The van der Waals surface area contributed by atoms with E-state index in [1.165, 1.54) is 11.3 Å². The Morgan fingerprint density at radius 2 is 2.22 bits per heavy atom. The maximum absolute atomic E-state index is 12.6. The molecule has 0 spiro atoms. The van der Waals surface area contributed by atoms with Crippen LogP contribution >= 0.6 is 11.3 Å². The summed E-state index contributed by atoms with van der Waals surface area (Å²) in [6, 6.07) is 3.98. The number of thiazole rings is 1. The highest BCUT2D eigenvalue weighted by molar-refractivity contribution is 7.07. The Hall–Kier alpha value is -1.99. The highest BCUT2D eigenvalue weighted by Crippen LogP contribution is 2.23. The van der Waals surface area contributed by atoms with Crippen LogP contribution in [0.4, 0.5) is 5.82 Å². The summed E-state index contributed by atoms with van der Waals surface area (Å²) in [6.07, 6.45) is 1.82. The zero-order valence-electron chi connectivity index (χ0n) is 13.5. The minimum atomic E-state index is -0.00415. The van der Waals surface area contributed by atoms with Crippen LogP contribution in [0.2, 0.25) is 0 Å². The predicted molar refractivity (Wildman–Crippen MR) is 91.9 cm³/mol. The molecule has 0 unspecified atom stereocenters. The third-order valence-electron chi connectivity index (χ3n) is 3.92. The van der Waals surface area contributed by atoms with Crippen LogP contribution in [-0.2, 0) is 6.54 Å². The molecule has 3 heterocycles. The molecule has 1 amide bonds. The lowest BCUT2D eigenvalue weighted by Gasteiger charge is -2.25. The molecule has 0 aliphatic carbocycles. The van der Waals surface area contributed by atoms with Crippen molar-refractivity contribution in [1.29, 1.82) is 0 Å². The first-order valence-corrected chi connectivity index (χ1v) is 8.60. The van der Waals surface area contributed by atoms with Gasteiger partial charge in [-0.25, -0.2) is 9.97 Å². The van der Waals surface area contributed by atoms with Gasteiger partial charge in [-0.15, -0.1) is 11.3 Å². The molecule has 0 fully saturated rings. The third-order valence-corrected chi connectivity index (χ3v) is 4.51. The Balaban J connectivity index is 1.81. The molecular formula is C16H21N5OS. The maximum atomic E-state index is 12.6. The highest BCUT2D eigenvalue weighted by Gasteiger charge is 2.25. The molecule has 0 atom stereocenters. The molecule has 6 nitrogen and oxygen atoms in total. The summed E-state index contributed by atoms with van der Waals surface area (Å²) >= 11 is 1.45. The van der Waals surface area contributed by atoms with Crippen molar-refractivity contribution in [2.24, 2.45) is 0 Å². The average molecular weight is 331 g/mol. The monoisotopic (exact) mass is 331 g/mol. The van der Waals surface area contributed by atoms with Crippen LogP contribution in [0.25, 0.3) is 0 Å². The Morgan fingerprint density at radius 1 is 1.35 bits per heavy atom. The summed E-state index contributed by atoms with van der Waals surface area (Å²) in [5.74, 6) is 0.985. The molecule has 0 N–H and O–H groups in total.